The van der Waals surface area contributed by atoms with E-state index in [0.717, 1.165) is 56.7 Å². The third-order valence-corrected chi connectivity index (χ3v) is 3.86. The summed E-state index contributed by atoms with van der Waals surface area (Å²) in [4.78, 5) is 13.8. The van der Waals surface area contributed by atoms with Crippen molar-refractivity contribution in [1.82, 2.24) is 4.90 Å². The van der Waals surface area contributed by atoms with E-state index in [2.05, 4.69) is 15.4 Å². The number of carbonyl (C=O) groups excluding carboxylic acids is 1. The summed E-state index contributed by atoms with van der Waals surface area (Å²) in [6.45, 7) is 2.01. The molecule has 6 heteroatoms. The summed E-state index contributed by atoms with van der Waals surface area (Å²) in [6.07, 6.45) is 5.25. The van der Waals surface area contributed by atoms with E-state index in [4.69, 9.17) is 16.8 Å². The van der Waals surface area contributed by atoms with E-state index in [-0.39, 0.29) is 5.91 Å². The number of rotatable bonds is 8. The molecule has 1 amide bonds. The van der Waals surface area contributed by atoms with Gasteiger partial charge in [0.1, 0.15) is 5.84 Å². The molecule has 0 unspecified atom stereocenters. The maximum atomic E-state index is 11.8. The molecule has 22 heavy (non-hydrogen) atoms. The lowest BCUT2D eigenvalue weighted by atomic mass is 10.1. The fourth-order valence-electron chi connectivity index (χ4n) is 2.26. The lowest BCUT2D eigenvalue weighted by molar-refractivity contribution is -0.116. The van der Waals surface area contributed by atoms with Gasteiger partial charge in [-0.2, -0.15) is 0 Å². The molecule has 5 nitrogen and oxygen atoms in total. The zero-order valence-corrected chi connectivity index (χ0v) is 13.4. The second kappa shape index (κ2) is 8.63. The van der Waals surface area contributed by atoms with Gasteiger partial charge in [-0.25, -0.2) is 0 Å². The number of carbonyl (C=O) groups is 1. The summed E-state index contributed by atoms with van der Waals surface area (Å²) in [5, 5.41) is 15.7. The lowest BCUT2D eigenvalue weighted by Crippen LogP contribution is -2.11. The molecule has 120 valence electrons. The molecule has 1 aromatic rings. The number of benzene rings is 1. The first-order valence-electron chi connectivity index (χ1n) is 7.70. The van der Waals surface area contributed by atoms with Crippen molar-refractivity contribution < 1.29 is 10.0 Å². The van der Waals surface area contributed by atoms with Crippen LogP contribution in [-0.4, -0.2) is 34.9 Å². The van der Waals surface area contributed by atoms with Crippen LogP contribution in [0.2, 0.25) is 5.02 Å². The fraction of sp³-hybridized carbons (Fsp3) is 0.500. The van der Waals surface area contributed by atoms with Crippen molar-refractivity contribution in [3.8, 4) is 0 Å². The van der Waals surface area contributed by atoms with Crippen LogP contribution in [0.4, 0.5) is 5.69 Å². The highest BCUT2D eigenvalue weighted by Crippen LogP contribution is 2.15. The van der Waals surface area contributed by atoms with Gasteiger partial charge in [-0.05, 0) is 37.1 Å². The monoisotopic (exact) mass is 323 g/mol. The summed E-state index contributed by atoms with van der Waals surface area (Å²) in [6, 6.07) is 7.10. The van der Waals surface area contributed by atoms with Crippen LogP contribution < -0.4 is 5.32 Å². The zero-order valence-electron chi connectivity index (χ0n) is 12.6. The summed E-state index contributed by atoms with van der Waals surface area (Å²) < 4.78 is 0. The maximum Gasteiger partial charge on any atom is 0.224 e. The second-order valence-electron chi connectivity index (χ2n) is 5.47. The number of hydrogen-bond donors (Lipinski definition) is 2. The van der Waals surface area contributed by atoms with Crippen LogP contribution in [0.1, 0.15) is 38.5 Å². The van der Waals surface area contributed by atoms with E-state index in [1.54, 1.807) is 24.3 Å². The van der Waals surface area contributed by atoms with Crippen molar-refractivity contribution in [3.63, 3.8) is 0 Å². The first-order chi connectivity index (χ1) is 10.7. The van der Waals surface area contributed by atoms with E-state index in [1.807, 2.05) is 0 Å². The van der Waals surface area contributed by atoms with Crippen LogP contribution in [0.3, 0.4) is 0 Å². The standard InChI is InChI=1S/C16H22ClN3O2/c17-13-7-9-14(10-8-13)18-16(21)6-4-2-1-3-5-15(19-22)20-11-12-20/h7-10,22H,1-6,11-12H2,(H,18,21)/b19-15+. The molecule has 0 aromatic heterocycles. The smallest absolute Gasteiger partial charge is 0.224 e. The van der Waals surface area contributed by atoms with E-state index < -0.39 is 0 Å². The molecule has 2 rings (SSSR count). The molecular formula is C16H22ClN3O2. The van der Waals surface area contributed by atoms with Gasteiger partial charge in [0.05, 0.1) is 0 Å². The SMILES string of the molecule is O=C(CCCCCC/C(=N\O)N1CC1)Nc1ccc(Cl)cc1. The Morgan fingerprint density at radius 2 is 1.77 bits per heavy atom. The van der Waals surface area contributed by atoms with Crippen LogP contribution in [0, 0.1) is 0 Å². The first kappa shape index (κ1) is 16.6. The predicted molar refractivity (Wildman–Crippen MR) is 88.6 cm³/mol. The number of amides is 1. The van der Waals surface area contributed by atoms with Gasteiger partial charge in [0.2, 0.25) is 5.91 Å². The molecule has 0 aliphatic carbocycles. The lowest BCUT2D eigenvalue weighted by Gasteiger charge is -2.06. The normalized spacial score (nSPS) is 14.0. The van der Waals surface area contributed by atoms with Gasteiger partial charge in [0.15, 0.2) is 0 Å². The Kier molecular flexibility index (Phi) is 6.52. The minimum Gasteiger partial charge on any atom is -0.409 e. The van der Waals surface area contributed by atoms with Crippen molar-refractivity contribution in [2.75, 3.05) is 18.4 Å². The van der Waals surface area contributed by atoms with E-state index in [0.29, 0.717) is 11.4 Å². The fourth-order valence-corrected chi connectivity index (χ4v) is 2.38. The number of oxime groups is 1. The molecule has 0 bridgehead atoms. The van der Waals surface area contributed by atoms with Crippen LogP contribution in [0.5, 0.6) is 0 Å². The summed E-state index contributed by atoms with van der Waals surface area (Å²) >= 11 is 5.80. The Morgan fingerprint density at radius 1 is 1.14 bits per heavy atom. The summed E-state index contributed by atoms with van der Waals surface area (Å²) in [5.74, 6) is 0.824. The number of nitrogens with one attached hydrogen (secondary N) is 1. The number of unbranched alkanes of at least 4 members (excludes halogenated alkanes) is 3. The number of anilines is 1. The average molecular weight is 324 g/mol. The highest BCUT2D eigenvalue weighted by Gasteiger charge is 2.21. The summed E-state index contributed by atoms with van der Waals surface area (Å²) in [7, 11) is 0. The third-order valence-electron chi connectivity index (χ3n) is 3.61. The second-order valence-corrected chi connectivity index (χ2v) is 5.91. The largest absolute Gasteiger partial charge is 0.409 e. The molecule has 1 aliphatic rings. The van der Waals surface area contributed by atoms with Crippen molar-refractivity contribution in [3.05, 3.63) is 29.3 Å². The van der Waals surface area contributed by atoms with Gasteiger partial charge in [0, 0.05) is 36.6 Å². The van der Waals surface area contributed by atoms with Crippen molar-refractivity contribution in [1.29, 1.82) is 0 Å². The average Bonchev–Trinajstić information content (AvgIpc) is 3.34. The molecule has 1 saturated heterocycles. The van der Waals surface area contributed by atoms with E-state index in [1.165, 1.54) is 0 Å². The summed E-state index contributed by atoms with van der Waals surface area (Å²) in [5.41, 5.74) is 0.775. The topological polar surface area (TPSA) is 64.7 Å². The minimum atomic E-state index is 0.0315. The Balaban J connectivity index is 1.52. The molecule has 1 aromatic carbocycles. The van der Waals surface area contributed by atoms with Crippen molar-refractivity contribution in [2.45, 2.75) is 38.5 Å². The highest BCUT2D eigenvalue weighted by atomic mass is 35.5. The van der Waals surface area contributed by atoms with Gasteiger partial charge in [0.25, 0.3) is 0 Å². The van der Waals surface area contributed by atoms with Crippen LogP contribution in [-0.2, 0) is 4.79 Å². The Morgan fingerprint density at radius 3 is 2.36 bits per heavy atom. The molecule has 0 atom stereocenters. The van der Waals surface area contributed by atoms with Gasteiger partial charge < -0.3 is 15.4 Å². The predicted octanol–water partition coefficient (Wildman–Crippen LogP) is 3.72. The first-order valence-corrected chi connectivity index (χ1v) is 8.08. The Hall–Kier alpha value is -1.75. The van der Waals surface area contributed by atoms with Crippen LogP contribution in [0.15, 0.2) is 29.4 Å². The Bertz CT molecular complexity index is 513. The quantitative estimate of drug-likeness (QED) is 0.191. The highest BCUT2D eigenvalue weighted by molar-refractivity contribution is 6.30. The molecular weight excluding hydrogens is 302 g/mol. The molecule has 2 N–H and O–H groups in total. The van der Waals surface area contributed by atoms with Gasteiger partial charge in [-0.1, -0.05) is 29.6 Å². The van der Waals surface area contributed by atoms with Gasteiger partial charge in [-0.3, -0.25) is 4.79 Å². The van der Waals surface area contributed by atoms with Crippen molar-refractivity contribution >= 4 is 29.0 Å². The van der Waals surface area contributed by atoms with Gasteiger partial charge in [-0.15, -0.1) is 0 Å². The molecule has 1 aliphatic heterocycles. The third kappa shape index (κ3) is 5.93. The number of nitrogens with zero attached hydrogens (tertiary/aromatic N) is 2. The van der Waals surface area contributed by atoms with Crippen molar-refractivity contribution in [2.24, 2.45) is 5.16 Å². The molecule has 0 saturated carbocycles. The molecule has 0 radical (unpaired) electrons. The number of hydrogen-bond acceptors (Lipinski definition) is 3. The zero-order chi connectivity index (χ0) is 15.8. The van der Waals surface area contributed by atoms with Crippen LogP contribution >= 0.6 is 11.6 Å². The van der Waals surface area contributed by atoms with E-state index >= 15 is 0 Å². The maximum absolute atomic E-state index is 11.8. The van der Waals surface area contributed by atoms with Gasteiger partial charge >= 0.3 is 0 Å². The molecule has 0 spiro atoms. The van der Waals surface area contributed by atoms with Crippen LogP contribution in [0.25, 0.3) is 0 Å². The van der Waals surface area contributed by atoms with E-state index in [9.17, 15) is 4.79 Å². The molecule has 1 heterocycles. The number of amidine groups is 1. The Labute approximate surface area is 135 Å². The number of halogens is 1. The minimum absolute atomic E-state index is 0.0315. The molecule has 1 fully saturated rings.